The second-order valence-electron chi connectivity index (χ2n) is 11.3. The quantitative estimate of drug-likeness (QED) is 0.520. The van der Waals surface area contributed by atoms with Gasteiger partial charge in [0.05, 0.1) is 17.8 Å². The van der Waals surface area contributed by atoms with Gasteiger partial charge in [-0.3, -0.25) is 0 Å². The van der Waals surface area contributed by atoms with Crippen LogP contribution in [-0.4, -0.2) is 33.1 Å². The molecule has 2 unspecified atom stereocenters. The van der Waals surface area contributed by atoms with Gasteiger partial charge in [0.25, 0.3) is 0 Å². The van der Waals surface area contributed by atoms with Crippen LogP contribution < -0.4 is 0 Å². The van der Waals surface area contributed by atoms with Crippen molar-refractivity contribution in [2.45, 2.75) is 110 Å². The van der Waals surface area contributed by atoms with Crippen molar-refractivity contribution in [3.63, 3.8) is 0 Å². The molecule has 0 aromatic carbocycles. The van der Waals surface area contributed by atoms with E-state index < -0.39 is 11.7 Å². The highest BCUT2D eigenvalue weighted by Gasteiger charge is 2.55. The van der Waals surface area contributed by atoms with Crippen molar-refractivity contribution >= 4 is 0 Å². The minimum atomic E-state index is -0.833. The fraction of sp³-hybridized carbons (Fsp3) is 0.778. The molecule has 3 saturated carbocycles. The summed E-state index contributed by atoms with van der Waals surface area (Å²) in [5.41, 5.74) is 3.13. The first kappa shape index (κ1) is 23.8. The maximum absolute atomic E-state index is 11.5. The van der Waals surface area contributed by atoms with Crippen LogP contribution in [0, 0.1) is 23.2 Å². The van der Waals surface area contributed by atoms with Gasteiger partial charge in [-0.15, -0.1) is 0 Å². The van der Waals surface area contributed by atoms with Crippen LogP contribution in [0.5, 0.6) is 0 Å². The third-order valence-electron chi connectivity index (χ3n) is 8.30. The van der Waals surface area contributed by atoms with Crippen LogP contribution in [0.15, 0.2) is 35.5 Å². The number of fused-ring (bicyclic) bond motifs is 1. The van der Waals surface area contributed by atoms with Crippen LogP contribution in [0.2, 0.25) is 0 Å². The Morgan fingerprint density at radius 3 is 2.63 bits per heavy atom. The lowest BCUT2D eigenvalue weighted by Crippen LogP contribution is -2.47. The van der Waals surface area contributed by atoms with E-state index in [0.717, 1.165) is 57.8 Å². The van der Waals surface area contributed by atoms with Crippen LogP contribution >= 0.6 is 0 Å². The lowest BCUT2D eigenvalue weighted by atomic mass is 9.59. The van der Waals surface area contributed by atoms with Crippen LogP contribution in [0.4, 0.5) is 0 Å². The molecule has 3 rings (SSSR count). The molecule has 170 valence electrons. The summed E-state index contributed by atoms with van der Waals surface area (Å²) in [6.45, 7) is 12.8. The Morgan fingerprint density at radius 2 is 1.93 bits per heavy atom. The molecule has 3 fully saturated rings. The molecule has 0 saturated heterocycles. The molecule has 3 aliphatic carbocycles. The van der Waals surface area contributed by atoms with Crippen molar-refractivity contribution in [1.82, 2.24) is 0 Å². The number of aliphatic hydroxyl groups excluding tert-OH is 2. The van der Waals surface area contributed by atoms with E-state index in [0.29, 0.717) is 18.3 Å². The molecule has 6 atom stereocenters. The highest BCUT2D eigenvalue weighted by Crippen LogP contribution is 2.60. The smallest absolute Gasteiger partial charge is 0.0677 e. The van der Waals surface area contributed by atoms with E-state index in [9.17, 15) is 15.3 Å². The summed E-state index contributed by atoms with van der Waals surface area (Å²) >= 11 is 0. The Hall–Kier alpha value is -0.900. The highest BCUT2D eigenvalue weighted by atomic mass is 16.3. The molecule has 3 nitrogen and oxygen atoms in total. The van der Waals surface area contributed by atoms with Crippen molar-refractivity contribution in [2.75, 3.05) is 0 Å². The topological polar surface area (TPSA) is 60.7 Å². The molecular formula is C27H44O3. The van der Waals surface area contributed by atoms with Gasteiger partial charge in [0.15, 0.2) is 0 Å². The molecule has 30 heavy (non-hydrogen) atoms. The van der Waals surface area contributed by atoms with Gasteiger partial charge >= 0.3 is 0 Å². The van der Waals surface area contributed by atoms with Crippen LogP contribution in [0.1, 0.15) is 91.9 Å². The van der Waals surface area contributed by atoms with Crippen molar-refractivity contribution in [1.29, 1.82) is 0 Å². The SMILES string of the molecule is C=C1CC[C@H](O)C/C1=C/C=C1CCC[C@@]2(C)C1CC[C@@H]2[C@@](C)(O)CC(O)CC(C)C. The minimum Gasteiger partial charge on any atom is -0.393 e. The maximum atomic E-state index is 11.5. The number of hydrogen-bond donors (Lipinski definition) is 3. The fourth-order valence-electron chi connectivity index (χ4n) is 6.90. The van der Waals surface area contributed by atoms with E-state index >= 15 is 0 Å². The van der Waals surface area contributed by atoms with E-state index in [1.807, 2.05) is 6.92 Å². The fourth-order valence-corrected chi connectivity index (χ4v) is 6.90. The van der Waals surface area contributed by atoms with E-state index in [2.05, 4.69) is 39.5 Å². The molecule has 0 radical (unpaired) electrons. The summed E-state index contributed by atoms with van der Waals surface area (Å²) in [5.74, 6) is 1.16. The zero-order chi connectivity index (χ0) is 22.1. The molecule has 3 aliphatic rings. The van der Waals surface area contributed by atoms with Crippen LogP contribution in [0.3, 0.4) is 0 Å². The average Bonchev–Trinajstić information content (AvgIpc) is 2.99. The first-order chi connectivity index (χ1) is 14.0. The molecular weight excluding hydrogens is 372 g/mol. The highest BCUT2D eigenvalue weighted by molar-refractivity contribution is 5.36. The van der Waals surface area contributed by atoms with E-state index in [1.165, 1.54) is 16.7 Å². The van der Waals surface area contributed by atoms with Crippen molar-refractivity contribution in [3.05, 3.63) is 35.5 Å². The van der Waals surface area contributed by atoms with E-state index in [1.54, 1.807) is 0 Å². The Bertz CT molecular complexity index is 686. The lowest BCUT2D eigenvalue weighted by molar-refractivity contribution is -0.0867. The molecule has 0 aromatic heterocycles. The molecule has 0 amide bonds. The van der Waals surface area contributed by atoms with Gasteiger partial charge in [0.1, 0.15) is 0 Å². The minimum absolute atomic E-state index is 0.0900. The van der Waals surface area contributed by atoms with E-state index in [-0.39, 0.29) is 17.4 Å². The third-order valence-corrected chi connectivity index (χ3v) is 8.30. The first-order valence-electron chi connectivity index (χ1n) is 12.2. The molecule has 0 spiro atoms. The second kappa shape index (κ2) is 9.30. The Morgan fingerprint density at radius 1 is 1.20 bits per heavy atom. The second-order valence-corrected chi connectivity index (χ2v) is 11.3. The normalized spacial score (nSPS) is 38.1. The molecule has 0 aliphatic heterocycles. The predicted octanol–water partition coefficient (Wildman–Crippen LogP) is 5.70. The summed E-state index contributed by atoms with van der Waals surface area (Å²) in [7, 11) is 0. The van der Waals surface area contributed by atoms with Crippen LogP contribution in [0.25, 0.3) is 0 Å². The zero-order valence-corrected chi connectivity index (χ0v) is 19.7. The third kappa shape index (κ3) is 5.11. The van der Waals surface area contributed by atoms with Crippen molar-refractivity contribution < 1.29 is 15.3 Å². The van der Waals surface area contributed by atoms with Gasteiger partial charge in [-0.2, -0.15) is 0 Å². The Kier molecular flexibility index (Phi) is 7.37. The largest absolute Gasteiger partial charge is 0.393 e. The van der Waals surface area contributed by atoms with Gasteiger partial charge < -0.3 is 15.3 Å². The molecule has 3 N–H and O–H groups in total. The monoisotopic (exact) mass is 416 g/mol. The number of aliphatic hydroxyl groups is 3. The van der Waals surface area contributed by atoms with Gasteiger partial charge in [0, 0.05) is 6.42 Å². The van der Waals surface area contributed by atoms with Gasteiger partial charge in [-0.1, -0.05) is 50.6 Å². The first-order valence-corrected chi connectivity index (χ1v) is 12.2. The van der Waals surface area contributed by atoms with Gasteiger partial charge in [0.2, 0.25) is 0 Å². The Balaban J connectivity index is 1.77. The average molecular weight is 417 g/mol. The van der Waals surface area contributed by atoms with Crippen molar-refractivity contribution in [2.24, 2.45) is 23.2 Å². The van der Waals surface area contributed by atoms with Crippen molar-refractivity contribution in [3.8, 4) is 0 Å². The summed E-state index contributed by atoms with van der Waals surface area (Å²) in [6.07, 6.45) is 13.1. The predicted molar refractivity (Wildman–Crippen MR) is 124 cm³/mol. The molecule has 0 bridgehead atoms. The molecule has 0 aromatic rings. The summed E-state index contributed by atoms with van der Waals surface area (Å²) < 4.78 is 0. The molecule has 3 heteroatoms. The summed E-state index contributed by atoms with van der Waals surface area (Å²) in [4.78, 5) is 0. The Labute approximate surface area is 184 Å². The lowest BCUT2D eigenvalue weighted by Gasteiger charge is -2.47. The number of rotatable bonds is 6. The van der Waals surface area contributed by atoms with Crippen LogP contribution in [-0.2, 0) is 0 Å². The van der Waals surface area contributed by atoms with Gasteiger partial charge in [-0.25, -0.2) is 0 Å². The van der Waals surface area contributed by atoms with E-state index in [4.69, 9.17) is 0 Å². The number of allylic oxidation sites excluding steroid dienone is 4. The maximum Gasteiger partial charge on any atom is 0.0677 e. The molecule has 0 heterocycles. The standard InChI is InChI=1S/C27H44O3/c1-18(2)15-23(29)17-27(5,30)25-13-12-24-20(7-6-14-26(24,25)4)9-10-21-16-22(28)11-8-19(21)3/h9-10,18,22-25,28-30H,3,6-8,11-17H2,1-2,4-5H3/b20-9?,21-10-/t22-,23?,24?,25-,26-,27-/m0/s1. The zero-order valence-electron chi connectivity index (χ0n) is 19.7. The van der Waals surface area contributed by atoms with Gasteiger partial charge in [-0.05, 0) is 93.5 Å². The summed E-state index contributed by atoms with van der Waals surface area (Å²) in [6, 6.07) is 0. The number of hydrogen-bond acceptors (Lipinski definition) is 3. The summed E-state index contributed by atoms with van der Waals surface area (Å²) in [5, 5.41) is 32.0.